The van der Waals surface area contributed by atoms with Gasteiger partial charge in [-0.05, 0) is 25.0 Å². The minimum absolute atomic E-state index is 0.295. The molecule has 0 bridgehead atoms. The number of para-hydroxylation sites is 1. The number of carbonyl (C=O) groups is 2. The Balaban J connectivity index is 2.76. The van der Waals surface area contributed by atoms with Crippen LogP contribution in [0, 0.1) is 0 Å². The molecule has 5 heteroatoms. The van der Waals surface area contributed by atoms with Crippen molar-refractivity contribution in [3.8, 4) is 0 Å². The molecule has 0 saturated carbocycles. The summed E-state index contributed by atoms with van der Waals surface area (Å²) in [5, 5.41) is 11.5. The maximum Gasteiger partial charge on any atom is 0.323 e. The third-order valence-corrected chi connectivity index (χ3v) is 2.63. The Bertz CT molecular complexity index is 432. The quantitative estimate of drug-likeness (QED) is 0.841. The largest absolute Gasteiger partial charge is 0.480 e. The van der Waals surface area contributed by atoms with Crippen molar-refractivity contribution in [2.24, 2.45) is 0 Å². The molecule has 0 atom stereocenters. The first-order valence-corrected chi connectivity index (χ1v) is 5.94. The number of urea groups is 1. The van der Waals surface area contributed by atoms with Crippen LogP contribution in [-0.2, 0) is 11.2 Å². The number of benzene rings is 1. The van der Waals surface area contributed by atoms with Crippen molar-refractivity contribution in [3.05, 3.63) is 29.8 Å². The number of rotatable bonds is 5. The van der Waals surface area contributed by atoms with Gasteiger partial charge in [-0.25, -0.2) is 4.79 Å². The SMILES string of the molecule is CCc1ccccc1NC(=O)N(CC)CC(=O)O. The summed E-state index contributed by atoms with van der Waals surface area (Å²) < 4.78 is 0. The van der Waals surface area contributed by atoms with Gasteiger partial charge in [-0.15, -0.1) is 0 Å². The summed E-state index contributed by atoms with van der Waals surface area (Å²) in [6, 6.07) is 7.10. The van der Waals surface area contributed by atoms with Crippen LogP contribution in [0.15, 0.2) is 24.3 Å². The van der Waals surface area contributed by atoms with Crippen LogP contribution in [0.1, 0.15) is 19.4 Å². The molecule has 0 aliphatic carbocycles. The van der Waals surface area contributed by atoms with E-state index in [9.17, 15) is 9.59 Å². The van der Waals surface area contributed by atoms with E-state index in [-0.39, 0.29) is 12.6 Å². The summed E-state index contributed by atoms with van der Waals surface area (Å²) in [4.78, 5) is 23.8. The number of nitrogens with one attached hydrogen (secondary N) is 1. The second-order valence-corrected chi connectivity index (χ2v) is 3.85. The average molecular weight is 250 g/mol. The summed E-state index contributed by atoms with van der Waals surface area (Å²) in [5.41, 5.74) is 1.76. The van der Waals surface area contributed by atoms with Gasteiger partial charge in [0.15, 0.2) is 0 Å². The van der Waals surface area contributed by atoms with Crippen LogP contribution in [0.2, 0.25) is 0 Å². The summed E-state index contributed by atoms with van der Waals surface area (Å²) >= 11 is 0. The highest BCUT2D eigenvalue weighted by Gasteiger charge is 2.15. The Morgan fingerprint density at radius 3 is 2.50 bits per heavy atom. The lowest BCUT2D eigenvalue weighted by molar-refractivity contribution is -0.137. The maximum absolute atomic E-state index is 11.9. The Kier molecular flexibility index (Phi) is 5.17. The second kappa shape index (κ2) is 6.64. The number of aliphatic carboxylic acids is 1. The Morgan fingerprint density at radius 1 is 1.28 bits per heavy atom. The van der Waals surface area contributed by atoms with Gasteiger partial charge in [-0.2, -0.15) is 0 Å². The van der Waals surface area contributed by atoms with Crippen LogP contribution in [-0.4, -0.2) is 35.1 Å². The zero-order chi connectivity index (χ0) is 13.5. The molecule has 1 rings (SSSR count). The topological polar surface area (TPSA) is 69.6 Å². The molecule has 0 radical (unpaired) electrons. The van der Waals surface area contributed by atoms with Gasteiger partial charge < -0.3 is 15.3 Å². The number of carboxylic acid groups (broad SMARTS) is 1. The van der Waals surface area contributed by atoms with Crippen molar-refractivity contribution in [1.29, 1.82) is 0 Å². The number of carboxylic acids is 1. The van der Waals surface area contributed by atoms with Gasteiger partial charge >= 0.3 is 12.0 Å². The third-order valence-electron chi connectivity index (χ3n) is 2.63. The van der Waals surface area contributed by atoms with E-state index in [4.69, 9.17) is 5.11 Å². The van der Waals surface area contributed by atoms with E-state index < -0.39 is 5.97 Å². The van der Waals surface area contributed by atoms with Gasteiger partial charge in [0.25, 0.3) is 0 Å². The first kappa shape index (κ1) is 14.0. The van der Waals surface area contributed by atoms with Gasteiger partial charge in [0, 0.05) is 12.2 Å². The zero-order valence-corrected chi connectivity index (χ0v) is 10.6. The van der Waals surface area contributed by atoms with Crippen LogP contribution in [0.5, 0.6) is 0 Å². The smallest absolute Gasteiger partial charge is 0.323 e. The van der Waals surface area contributed by atoms with Gasteiger partial charge in [-0.3, -0.25) is 4.79 Å². The fraction of sp³-hybridized carbons (Fsp3) is 0.385. The number of carbonyl (C=O) groups excluding carboxylic acids is 1. The van der Waals surface area contributed by atoms with E-state index in [1.807, 2.05) is 31.2 Å². The predicted molar refractivity (Wildman–Crippen MR) is 69.7 cm³/mol. The first-order chi connectivity index (χ1) is 8.58. The van der Waals surface area contributed by atoms with E-state index in [1.54, 1.807) is 6.92 Å². The highest BCUT2D eigenvalue weighted by Crippen LogP contribution is 2.15. The molecule has 5 nitrogen and oxygen atoms in total. The number of aryl methyl sites for hydroxylation is 1. The molecular formula is C13H18N2O3. The number of nitrogens with zero attached hydrogens (tertiary/aromatic N) is 1. The number of anilines is 1. The summed E-state index contributed by atoms with van der Waals surface area (Å²) in [6.07, 6.45) is 0.807. The number of amides is 2. The molecule has 0 unspecified atom stereocenters. The molecule has 18 heavy (non-hydrogen) atoms. The molecule has 0 heterocycles. The van der Waals surface area contributed by atoms with E-state index in [0.29, 0.717) is 6.54 Å². The van der Waals surface area contributed by atoms with Gasteiger partial charge in [-0.1, -0.05) is 25.1 Å². The van der Waals surface area contributed by atoms with Crippen LogP contribution < -0.4 is 5.32 Å². The Hall–Kier alpha value is -2.04. The van der Waals surface area contributed by atoms with E-state index in [2.05, 4.69) is 5.32 Å². The molecule has 1 aromatic rings. The van der Waals surface area contributed by atoms with Crippen molar-refractivity contribution in [3.63, 3.8) is 0 Å². The normalized spacial score (nSPS) is 9.89. The standard InChI is InChI=1S/C13H18N2O3/c1-3-10-7-5-6-8-11(10)14-13(18)15(4-2)9-12(16)17/h5-8H,3-4,9H2,1-2H3,(H,14,18)(H,16,17). The van der Waals surface area contributed by atoms with Crippen LogP contribution >= 0.6 is 0 Å². The molecule has 1 aromatic carbocycles. The number of hydrogen-bond donors (Lipinski definition) is 2. The third kappa shape index (κ3) is 3.76. The highest BCUT2D eigenvalue weighted by molar-refractivity contribution is 5.92. The Labute approximate surface area is 106 Å². The molecule has 0 aliphatic heterocycles. The maximum atomic E-state index is 11.9. The minimum Gasteiger partial charge on any atom is -0.480 e. The number of hydrogen-bond acceptors (Lipinski definition) is 2. The van der Waals surface area contributed by atoms with E-state index in [0.717, 1.165) is 17.7 Å². The molecule has 0 aromatic heterocycles. The van der Waals surface area contributed by atoms with Crippen LogP contribution in [0.25, 0.3) is 0 Å². The summed E-state index contributed by atoms with van der Waals surface area (Å²) in [7, 11) is 0. The monoisotopic (exact) mass is 250 g/mol. The van der Waals surface area contributed by atoms with Gasteiger partial charge in [0.1, 0.15) is 6.54 Å². The molecule has 2 amide bonds. The molecule has 0 saturated heterocycles. The summed E-state index contributed by atoms with van der Waals surface area (Å²) in [5.74, 6) is -1.02. The zero-order valence-electron chi connectivity index (χ0n) is 10.6. The van der Waals surface area contributed by atoms with E-state index in [1.165, 1.54) is 4.90 Å². The van der Waals surface area contributed by atoms with Crippen LogP contribution in [0.4, 0.5) is 10.5 Å². The lowest BCUT2D eigenvalue weighted by Crippen LogP contribution is -2.38. The second-order valence-electron chi connectivity index (χ2n) is 3.85. The predicted octanol–water partition coefficient (Wildman–Crippen LogP) is 2.19. The highest BCUT2D eigenvalue weighted by atomic mass is 16.4. The van der Waals surface area contributed by atoms with Gasteiger partial charge in [0.2, 0.25) is 0 Å². The van der Waals surface area contributed by atoms with Gasteiger partial charge in [0.05, 0.1) is 0 Å². The van der Waals surface area contributed by atoms with Crippen molar-refractivity contribution in [2.75, 3.05) is 18.4 Å². The number of likely N-dealkylation sites (N-methyl/N-ethyl adjacent to an activating group) is 1. The van der Waals surface area contributed by atoms with Crippen molar-refractivity contribution >= 4 is 17.7 Å². The lowest BCUT2D eigenvalue weighted by Gasteiger charge is -2.20. The van der Waals surface area contributed by atoms with Crippen molar-refractivity contribution < 1.29 is 14.7 Å². The molecule has 98 valence electrons. The fourth-order valence-corrected chi connectivity index (χ4v) is 1.64. The summed E-state index contributed by atoms with van der Waals surface area (Å²) in [6.45, 7) is 3.80. The lowest BCUT2D eigenvalue weighted by atomic mass is 10.1. The van der Waals surface area contributed by atoms with Crippen molar-refractivity contribution in [1.82, 2.24) is 4.90 Å². The molecule has 0 aliphatic rings. The molecular weight excluding hydrogens is 232 g/mol. The van der Waals surface area contributed by atoms with Crippen molar-refractivity contribution in [2.45, 2.75) is 20.3 Å². The minimum atomic E-state index is -1.02. The van der Waals surface area contributed by atoms with Crippen LogP contribution in [0.3, 0.4) is 0 Å². The molecule has 0 spiro atoms. The molecule has 2 N–H and O–H groups in total. The average Bonchev–Trinajstić information content (AvgIpc) is 2.36. The molecule has 0 fully saturated rings. The first-order valence-electron chi connectivity index (χ1n) is 5.94. The van der Waals surface area contributed by atoms with E-state index >= 15 is 0 Å². The Morgan fingerprint density at radius 2 is 1.94 bits per heavy atom. The fourth-order valence-electron chi connectivity index (χ4n) is 1.64.